The molecule has 0 spiro atoms. The highest BCUT2D eigenvalue weighted by Gasteiger charge is 2.23. The van der Waals surface area contributed by atoms with E-state index in [9.17, 15) is 0 Å². The van der Waals surface area contributed by atoms with Crippen molar-refractivity contribution in [3.05, 3.63) is 25.3 Å². The van der Waals surface area contributed by atoms with E-state index in [1.54, 1.807) is 0 Å². The largest absolute Gasteiger partial charge is 0.401 e. The van der Waals surface area contributed by atoms with Crippen LogP contribution in [0.4, 0.5) is 0 Å². The zero-order valence-electron chi connectivity index (χ0n) is 8.55. The average Bonchev–Trinajstić information content (AvgIpc) is 1.99. The number of rotatable bonds is 7. The van der Waals surface area contributed by atoms with Crippen molar-refractivity contribution >= 4 is 19.9 Å². The van der Waals surface area contributed by atoms with Crippen LogP contribution in [0.5, 0.6) is 0 Å². The standard InChI is InChI=1S/C10H19ClOSi/c1-5-7-8-10(11)12-13(3,4)9-6-2/h5-6,10H,1-2,7-9H2,3-4H3. The number of hydrogen-bond acceptors (Lipinski definition) is 1. The van der Waals surface area contributed by atoms with Gasteiger partial charge in [-0.15, -0.1) is 13.2 Å². The Balaban J connectivity index is 3.80. The second-order valence-corrected chi connectivity index (χ2v) is 8.30. The zero-order valence-corrected chi connectivity index (χ0v) is 10.3. The minimum absolute atomic E-state index is 0.167. The zero-order chi connectivity index (χ0) is 10.3. The smallest absolute Gasteiger partial charge is 0.192 e. The SMILES string of the molecule is C=CCCC(Cl)O[Si](C)(C)CC=C. The van der Waals surface area contributed by atoms with Crippen molar-refractivity contribution in [1.82, 2.24) is 0 Å². The van der Waals surface area contributed by atoms with Gasteiger partial charge in [0.2, 0.25) is 0 Å². The summed E-state index contributed by atoms with van der Waals surface area (Å²) in [7, 11) is -1.60. The highest BCUT2D eigenvalue weighted by Crippen LogP contribution is 2.18. The summed E-state index contributed by atoms with van der Waals surface area (Å²) in [5.41, 5.74) is -0.167. The summed E-state index contributed by atoms with van der Waals surface area (Å²) in [4.78, 5) is 0. The molecule has 0 aliphatic heterocycles. The van der Waals surface area contributed by atoms with E-state index in [0.717, 1.165) is 18.9 Å². The lowest BCUT2D eigenvalue weighted by Crippen LogP contribution is -2.32. The Labute approximate surface area is 87.6 Å². The van der Waals surface area contributed by atoms with E-state index < -0.39 is 8.32 Å². The molecule has 13 heavy (non-hydrogen) atoms. The third-order valence-electron chi connectivity index (χ3n) is 1.68. The summed E-state index contributed by atoms with van der Waals surface area (Å²) < 4.78 is 5.77. The second-order valence-electron chi connectivity index (χ2n) is 3.65. The monoisotopic (exact) mass is 218 g/mol. The van der Waals surface area contributed by atoms with Crippen LogP contribution in [0.15, 0.2) is 25.3 Å². The summed E-state index contributed by atoms with van der Waals surface area (Å²) in [6.45, 7) is 11.7. The van der Waals surface area contributed by atoms with Crippen molar-refractivity contribution in [2.24, 2.45) is 0 Å². The Bertz CT molecular complexity index is 168. The molecule has 0 saturated carbocycles. The Morgan fingerprint density at radius 1 is 1.38 bits per heavy atom. The van der Waals surface area contributed by atoms with Crippen molar-refractivity contribution in [3.63, 3.8) is 0 Å². The van der Waals surface area contributed by atoms with Crippen LogP contribution in [0.2, 0.25) is 19.1 Å². The maximum atomic E-state index is 6.01. The van der Waals surface area contributed by atoms with Gasteiger partial charge in [-0.05, 0) is 32.0 Å². The van der Waals surface area contributed by atoms with Gasteiger partial charge in [0, 0.05) is 0 Å². The molecule has 3 heteroatoms. The minimum atomic E-state index is -1.60. The van der Waals surface area contributed by atoms with Crippen LogP contribution in [-0.2, 0) is 4.43 Å². The van der Waals surface area contributed by atoms with E-state index in [0.29, 0.717) is 0 Å². The highest BCUT2D eigenvalue weighted by molar-refractivity contribution is 6.71. The highest BCUT2D eigenvalue weighted by atomic mass is 35.5. The van der Waals surface area contributed by atoms with Crippen LogP contribution >= 0.6 is 11.6 Å². The van der Waals surface area contributed by atoms with Crippen LogP contribution in [0.1, 0.15) is 12.8 Å². The van der Waals surface area contributed by atoms with Gasteiger partial charge in [0.25, 0.3) is 0 Å². The summed E-state index contributed by atoms with van der Waals surface area (Å²) in [6, 6.07) is 0.949. The van der Waals surface area contributed by atoms with E-state index >= 15 is 0 Å². The lowest BCUT2D eigenvalue weighted by atomic mass is 10.3. The van der Waals surface area contributed by atoms with Crippen LogP contribution in [0.25, 0.3) is 0 Å². The molecule has 0 aromatic heterocycles. The number of hydrogen-bond donors (Lipinski definition) is 0. The van der Waals surface area contributed by atoms with Crippen LogP contribution in [0.3, 0.4) is 0 Å². The van der Waals surface area contributed by atoms with Gasteiger partial charge < -0.3 is 4.43 Å². The fraction of sp³-hybridized carbons (Fsp3) is 0.600. The molecular weight excluding hydrogens is 200 g/mol. The van der Waals surface area contributed by atoms with Gasteiger partial charge >= 0.3 is 0 Å². The average molecular weight is 219 g/mol. The Hall–Kier alpha value is -0.0531. The fourth-order valence-electron chi connectivity index (χ4n) is 1.05. The van der Waals surface area contributed by atoms with Crippen molar-refractivity contribution in [2.75, 3.05) is 0 Å². The minimum Gasteiger partial charge on any atom is -0.401 e. The molecule has 0 rings (SSSR count). The molecule has 0 heterocycles. The molecule has 0 amide bonds. The normalized spacial score (nSPS) is 13.8. The molecule has 0 N–H and O–H groups in total. The molecule has 1 unspecified atom stereocenters. The predicted octanol–water partition coefficient (Wildman–Crippen LogP) is 3.93. The maximum Gasteiger partial charge on any atom is 0.192 e. The number of alkyl halides is 1. The lowest BCUT2D eigenvalue weighted by molar-refractivity contribution is 0.263. The van der Waals surface area contributed by atoms with Gasteiger partial charge in [-0.3, -0.25) is 0 Å². The summed E-state index contributed by atoms with van der Waals surface area (Å²) in [5.74, 6) is 0. The first kappa shape index (κ1) is 12.9. The van der Waals surface area contributed by atoms with E-state index in [1.807, 2.05) is 12.2 Å². The first-order chi connectivity index (χ1) is 6.02. The van der Waals surface area contributed by atoms with Gasteiger partial charge in [-0.25, -0.2) is 0 Å². The number of allylic oxidation sites excluding steroid dienone is 2. The van der Waals surface area contributed by atoms with E-state index in [-0.39, 0.29) is 5.56 Å². The molecular formula is C10H19ClOSi. The summed E-state index contributed by atoms with van der Waals surface area (Å²) in [5, 5.41) is 0. The van der Waals surface area contributed by atoms with Gasteiger partial charge in [0.1, 0.15) is 5.56 Å². The van der Waals surface area contributed by atoms with E-state index in [1.165, 1.54) is 0 Å². The van der Waals surface area contributed by atoms with Gasteiger partial charge in [-0.2, -0.15) is 0 Å². The van der Waals surface area contributed by atoms with Gasteiger partial charge in [0.05, 0.1) is 0 Å². The molecule has 0 aromatic carbocycles. The Morgan fingerprint density at radius 2 is 2.00 bits per heavy atom. The third-order valence-corrected chi connectivity index (χ3v) is 4.33. The molecule has 0 bridgehead atoms. The van der Waals surface area contributed by atoms with Crippen molar-refractivity contribution < 1.29 is 4.43 Å². The van der Waals surface area contributed by atoms with Crippen molar-refractivity contribution in [1.29, 1.82) is 0 Å². The summed E-state index contributed by atoms with van der Waals surface area (Å²) in [6.07, 6.45) is 5.52. The molecule has 0 aliphatic carbocycles. The lowest BCUT2D eigenvalue weighted by Gasteiger charge is -2.24. The first-order valence-electron chi connectivity index (χ1n) is 4.55. The van der Waals surface area contributed by atoms with Crippen LogP contribution < -0.4 is 0 Å². The molecule has 1 atom stereocenters. The van der Waals surface area contributed by atoms with Crippen LogP contribution in [-0.4, -0.2) is 13.9 Å². The third kappa shape index (κ3) is 7.05. The molecule has 76 valence electrons. The van der Waals surface area contributed by atoms with E-state index in [4.69, 9.17) is 16.0 Å². The van der Waals surface area contributed by atoms with E-state index in [2.05, 4.69) is 26.3 Å². The quantitative estimate of drug-likeness (QED) is 0.358. The van der Waals surface area contributed by atoms with Crippen molar-refractivity contribution in [3.8, 4) is 0 Å². The molecule has 0 aliphatic rings. The number of halogens is 1. The Kier molecular flexibility index (Phi) is 6.38. The molecule has 1 nitrogen and oxygen atoms in total. The second kappa shape index (κ2) is 6.41. The topological polar surface area (TPSA) is 9.23 Å². The first-order valence-corrected chi connectivity index (χ1v) is 8.10. The van der Waals surface area contributed by atoms with Crippen molar-refractivity contribution in [2.45, 2.75) is 37.5 Å². The van der Waals surface area contributed by atoms with Gasteiger partial charge in [0.15, 0.2) is 8.32 Å². The molecule has 0 saturated heterocycles. The molecule has 0 aromatic rings. The van der Waals surface area contributed by atoms with Crippen LogP contribution in [0, 0.1) is 0 Å². The fourth-order valence-corrected chi connectivity index (χ4v) is 3.50. The van der Waals surface area contributed by atoms with Gasteiger partial charge in [-0.1, -0.05) is 23.8 Å². The Morgan fingerprint density at radius 3 is 2.46 bits per heavy atom. The predicted molar refractivity (Wildman–Crippen MR) is 62.6 cm³/mol. The molecule has 0 radical (unpaired) electrons. The maximum absolute atomic E-state index is 6.01. The summed E-state index contributed by atoms with van der Waals surface area (Å²) >= 11 is 6.01. The molecule has 0 fully saturated rings.